The molecule has 0 saturated heterocycles. The van der Waals surface area contributed by atoms with Gasteiger partial charge in [-0.2, -0.15) is 0 Å². The van der Waals surface area contributed by atoms with Gasteiger partial charge in [0.1, 0.15) is 5.75 Å². The molecule has 0 aliphatic rings. The zero-order valence-electron chi connectivity index (χ0n) is 8.57. The molecule has 0 fully saturated rings. The lowest BCUT2D eigenvalue weighted by Crippen LogP contribution is -2.04. The first-order chi connectivity index (χ1) is 7.00. The summed E-state index contributed by atoms with van der Waals surface area (Å²) in [6, 6.07) is 4.75. The van der Waals surface area contributed by atoms with Crippen molar-refractivity contribution in [3.8, 4) is 5.75 Å². The molecule has 5 heteroatoms. The van der Waals surface area contributed by atoms with Gasteiger partial charge in [0.25, 0.3) is 5.69 Å². The highest BCUT2D eigenvalue weighted by molar-refractivity contribution is 9.10. The van der Waals surface area contributed by atoms with Crippen molar-refractivity contribution in [2.45, 2.75) is 13.8 Å². The van der Waals surface area contributed by atoms with Gasteiger partial charge in [-0.1, -0.05) is 13.8 Å². The zero-order valence-corrected chi connectivity index (χ0v) is 10.2. The van der Waals surface area contributed by atoms with Crippen LogP contribution in [0.15, 0.2) is 22.7 Å². The smallest absolute Gasteiger partial charge is 0.287 e. The van der Waals surface area contributed by atoms with E-state index in [0.29, 0.717) is 22.7 Å². The first-order valence-electron chi connectivity index (χ1n) is 4.57. The van der Waals surface area contributed by atoms with Gasteiger partial charge in [-0.25, -0.2) is 0 Å². The second-order valence-corrected chi connectivity index (χ2v) is 4.43. The minimum atomic E-state index is -0.438. The largest absolute Gasteiger partial charge is 0.493 e. The fraction of sp³-hybridized carbons (Fsp3) is 0.400. The maximum atomic E-state index is 10.6. The van der Waals surface area contributed by atoms with Gasteiger partial charge in [-0.05, 0) is 34.0 Å². The summed E-state index contributed by atoms with van der Waals surface area (Å²) in [6.07, 6.45) is 0. The van der Waals surface area contributed by atoms with Crippen LogP contribution in [0, 0.1) is 16.0 Å². The molecule has 82 valence electrons. The zero-order chi connectivity index (χ0) is 11.4. The van der Waals surface area contributed by atoms with Crippen LogP contribution in [0.3, 0.4) is 0 Å². The van der Waals surface area contributed by atoms with Crippen molar-refractivity contribution in [3.63, 3.8) is 0 Å². The molecule has 15 heavy (non-hydrogen) atoms. The molecule has 0 atom stereocenters. The van der Waals surface area contributed by atoms with Gasteiger partial charge in [0.15, 0.2) is 0 Å². The quantitative estimate of drug-likeness (QED) is 0.624. The fourth-order valence-electron chi connectivity index (χ4n) is 0.985. The number of nitrogens with zero attached hydrogens (tertiary/aromatic N) is 1. The summed E-state index contributed by atoms with van der Waals surface area (Å²) in [5.41, 5.74) is 0.0243. The average Bonchev–Trinajstić information content (AvgIpc) is 2.16. The monoisotopic (exact) mass is 273 g/mol. The molecule has 0 aliphatic carbocycles. The molecular formula is C10H12BrNO3. The van der Waals surface area contributed by atoms with Gasteiger partial charge < -0.3 is 4.74 Å². The summed E-state index contributed by atoms with van der Waals surface area (Å²) < 4.78 is 5.85. The van der Waals surface area contributed by atoms with Crippen molar-refractivity contribution in [2.24, 2.45) is 5.92 Å². The van der Waals surface area contributed by atoms with Crippen molar-refractivity contribution in [2.75, 3.05) is 6.61 Å². The van der Waals surface area contributed by atoms with E-state index in [0.717, 1.165) is 0 Å². The SMILES string of the molecule is CC(C)COc1ccc(Br)c([N+](=O)[O-])c1. The lowest BCUT2D eigenvalue weighted by atomic mass is 10.2. The molecule has 0 amide bonds. The summed E-state index contributed by atoms with van der Waals surface area (Å²) in [7, 11) is 0. The van der Waals surface area contributed by atoms with E-state index in [1.54, 1.807) is 12.1 Å². The Balaban J connectivity index is 2.83. The van der Waals surface area contributed by atoms with E-state index in [1.165, 1.54) is 6.07 Å². The highest BCUT2D eigenvalue weighted by atomic mass is 79.9. The van der Waals surface area contributed by atoms with E-state index in [2.05, 4.69) is 15.9 Å². The summed E-state index contributed by atoms with van der Waals surface area (Å²) in [5, 5.41) is 10.6. The van der Waals surface area contributed by atoms with Gasteiger partial charge in [0, 0.05) is 0 Å². The van der Waals surface area contributed by atoms with Gasteiger partial charge in [-0.3, -0.25) is 10.1 Å². The Labute approximate surface area is 96.5 Å². The molecule has 0 heterocycles. The molecule has 0 bridgehead atoms. The van der Waals surface area contributed by atoms with Crippen LogP contribution in [0.5, 0.6) is 5.75 Å². The van der Waals surface area contributed by atoms with Crippen LogP contribution in [-0.2, 0) is 0 Å². The number of rotatable bonds is 4. The molecule has 4 nitrogen and oxygen atoms in total. The summed E-state index contributed by atoms with van der Waals surface area (Å²) in [5.74, 6) is 0.923. The van der Waals surface area contributed by atoms with Crippen molar-refractivity contribution in [3.05, 3.63) is 32.8 Å². The predicted molar refractivity (Wildman–Crippen MR) is 61.1 cm³/mol. The molecule has 1 rings (SSSR count). The minimum Gasteiger partial charge on any atom is -0.493 e. The van der Waals surface area contributed by atoms with E-state index in [4.69, 9.17) is 4.74 Å². The average molecular weight is 274 g/mol. The van der Waals surface area contributed by atoms with Crippen LogP contribution < -0.4 is 4.74 Å². The van der Waals surface area contributed by atoms with Crippen molar-refractivity contribution < 1.29 is 9.66 Å². The molecule has 0 aliphatic heterocycles. The molecule has 1 aromatic carbocycles. The normalized spacial score (nSPS) is 10.4. The van der Waals surface area contributed by atoms with E-state index in [9.17, 15) is 10.1 Å². The molecule has 0 radical (unpaired) electrons. The third-order valence-electron chi connectivity index (χ3n) is 1.70. The molecule has 1 aromatic rings. The van der Waals surface area contributed by atoms with Crippen LogP contribution in [0.1, 0.15) is 13.8 Å². The fourth-order valence-corrected chi connectivity index (χ4v) is 1.38. The van der Waals surface area contributed by atoms with Crippen LogP contribution >= 0.6 is 15.9 Å². The van der Waals surface area contributed by atoms with E-state index in [1.807, 2.05) is 13.8 Å². The van der Waals surface area contributed by atoms with Crippen LogP contribution in [0.4, 0.5) is 5.69 Å². The Bertz CT molecular complexity index is 366. The Morgan fingerprint density at radius 1 is 1.53 bits per heavy atom. The number of hydrogen-bond acceptors (Lipinski definition) is 3. The van der Waals surface area contributed by atoms with Gasteiger partial charge in [0.2, 0.25) is 0 Å². The highest BCUT2D eigenvalue weighted by Crippen LogP contribution is 2.29. The molecule has 0 spiro atoms. The van der Waals surface area contributed by atoms with Gasteiger partial charge >= 0.3 is 0 Å². The Kier molecular flexibility index (Phi) is 4.08. The lowest BCUT2D eigenvalue weighted by molar-refractivity contribution is -0.385. The second kappa shape index (κ2) is 5.11. The topological polar surface area (TPSA) is 52.4 Å². The summed E-state index contributed by atoms with van der Waals surface area (Å²) in [6.45, 7) is 4.60. The summed E-state index contributed by atoms with van der Waals surface area (Å²) >= 11 is 3.11. The standard InChI is InChI=1S/C10H12BrNO3/c1-7(2)6-15-8-3-4-9(11)10(5-8)12(13)14/h3-5,7H,6H2,1-2H3. The molecular weight excluding hydrogens is 262 g/mol. The Hall–Kier alpha value is -1.10. The van der Waals surface area contributed by atoms with Crippen LogP contribution in [-0.4, -0.2) is 11.5 Å². The third kappa shape index (κ3) is 3.51. The number of benzene rings is 1. The number of nitro groups is 1. The highest BCUT2D eigenvalue weighted by Gasteiger charge is 2.12. The van der Waals surface area contributed by atoms with Crippen molar-refractivity contribution >= 4 is 21.6 Å². The molecule has 0 aromatic heterocycles. The number of nitro benzene ring substituents is 1. The van der Waals surface area contributed by atoms with Crippen LogP contribution in [0.25, 0.3) is 0 Å². The van der Waals surface area contributed by atoms with E-state index < -0.39 is 4.92 Å². The molecule has 0 unspecified atom stereocenters. The summed E-state index contributed by atoms with van der Waals surface area (Å²) in [4.78, 5) is 10.2. The predicted octanol–water partition coefficient (Wildman–Crippen LogP) is 3.39. The molecule has 0 saturated carbocycles. The number of hydrogen-bond donors (Lipinski definition) is 0. The first kappa shape index (κ1) is 12.0. The second-order valence-electron chi connectivity index (χ2n) is 3.58. The number of ether oxygens (including phenoxy) is 1. The van der Waals surface area contributed by atoms with Crippen molar-refractivity contribution in [1.29, 1.82) is 0 Å². The van der Waals surface area contributed by atoms with Gasteiger partial charge in [0.05, 0.1) is 22.1 Å². The lowest BCUT2D eigenvalue weighted by Gasteiger charge is -2.08. The van der Waals surface area contributed by atoms with Crippen LogP contribution in [0.2, 0.25) is 0 Å². The first-order valence-corrected chi connectivity index (χ1v) is 5.36. The van der Waals surface area contributed by atoms with E-state index in [-0.39, 0.29) is 5.69 Å². The maximum absolute atomic E-state index is 10.6. The van der Waals surface area contributed by atoms with Gasteiger partial charge in [-0.15, -0.1) is 0 Å². The number of halogens is 1. The Morgan fingerprint density at radius 2 is 2.20 bits per heavy atom. The minimum absolute atomic E-state index is 0.0243. The third-order valence-corrected chi connectivity index (χ3v) is 2.37. The van der Waals surface area contributed by atoms with E-state index >= 15 is 0 Å². The van der Waals surface area contributed by atoms with Crippen molar-refractivity contribution in [1.82, 2.24) is 0 Å². The Morgan fingerprint density at radius 3 is 2.73 bits per heavy atom. The molecule has 0 N–H and O–H groups in total. The maximum Gasteiger partial charge on any atom is 0.287 e.